The van der Waals surface area contributed by atoms with Crippen molar-refractivity contribution in [1.29, 1.82) is 5.26 Å². The molecule has 1 aliphatic heterocycles. The lowest BCUT2D eigenvalue weighted by Crippen LogP contribution is -2.45. The molecule has 0 radical (unpaired) electrons. The summed E-state index contributed by atoms with van der Waals surface area (Å²) in [6.07, 6.45) is 9.12. The van der Waals surface area contributed by atoms with Crippen LogP contribution in [-0.4, -0.2) is 24.0 Å². The van der Waals surface area contributed by atoms with Gasteiger partial charge in [0.1, 0.15) is 0 Å². The quantitative estimate of drug-likeness (QED) is 0.730. The summed E-state index contributed by atoms with van der Waals surface area (Å²) in [5.74, 6) is 0.957. The highest BCUT2D eigenvalue weighted by atomic mass is 15.2. The van der Waals surface area contributed by atoms with Crippen LogP contribution in [0.25, 0.3) is 0 Å². The number of piperidine rings is 1. The van der Waals surface area contributed by atoms with Crippen LogP contribution >= 0.6 is 0 Å². The molecule has 17 heavy (non-hydrogen) atoms. The predicted molar refractivity (Wildman–Crippen MR) is 70.6 cm³/mol. The normalized spacial score (nSPS) is 34.2. The molecule has 2 fully saturated rings. The maximum Gasteiger partial charge on any atom is 0.0687 e. The molecule has 2 heteroatoms. The van der Waals surface area contributed by atoms with E-state index < -0.39 is 0 Å². The molecule has 2 rings (SSSR count). The summed E-state index contributed by atoms with van der Waals surface area (Å²) in [5, 5.41) is 9.16. The van der Waals surface area contributed by atoms with Gasteiger partial charge in [-0.25, -0.2) is 0 Å². The summed E-state index contributed by atoms with van der Waals surface area (Å²) in [4.78, 5) is 2.67. The summed E-state index contributed by atoms with van der Waals surface area (Å²) in [6, 6.07) is 3.31. The highest BCUT2D eigenvalue weighted by molar-refractivity contribution is 4.99. The minimum atomic E-state index is -0.0463. The third kappa shape index (κ3) is 3.01. The third-order valence-corrected chi connectivity index (χ3v) is 5.02. The zero-order valence-corrected chi connectivity index (χ0v) is 11.4. The molecule has 1 saturated carbocycles. The van der Waals surface area contributed by atoms with Crippen LogP contribution < -0.4 is 0 Å². The van der Waals surface area contributed by atoms with Crippen LogP contribution in [0.3, 0.4) is 0 Å². The molecule has 1 heterocycles. The van der Waals surface area contributed by atoms with Crippen molar-refractivity contribution in [3.05, 3.63) is 0 Å². The molecule has 0 aromatic carbocycles. The van der Waals surface area contributed by atoms with Crippen molar-refractivity contribution in [3.63, 3.8) is 0 Å². The molecule has 0 amide bonds. The third-order valence-electron chi connectivity index (χ3n) is 5.02. The first kappa shape index (κ1) is 12.9. The lowest BCUT2D eigenvalue weighted by molar-refractivity contribution is 0.0754. The highest BCUT2D eigenvalue weighted by Gasteiger charge is 2.34. The van der Waals surface area contributed by atoms with Crippen LogP contribution in [0.15, 0.2) is 0 Å². The van der Waals surface area contributed by atoms with Crippen LogP contribution in [0.1, 0.15) is 58.8 Å². The first-order valence-corrected chi connectivity index (χ1v) is 7.32. The molecule has 2 aliphatic rings. The summed E-state index contributed by atoms with van der Waals surface area (Å²) < 4.78 is 0. The van der Waals surface area contributed by atoms with E-state index in [1.54, 1.807) is 0 Å². The van der Waals surface area contributed by atoms with E-state index >= 15 is 0 Å². The van der Waals surface area contributed by atoms with E-state index in [-0.39, 0.29) is 5.41 Å². The molecule has 0 aromatic rings. The van der Waals surface area contributed by atoms with Gasteiger partial charge in [-0.2, -0.15) is 5.26 Å². The lowest BCUT2D eigenvalue weighted by Gasteiger charge is -2.42. The molecule has 0 aromatic heterocycles. The predicted octanol–water partition coefficient (Wildman–Crippen LogP) is 3.58. The van der Waals surface area contributed by atoms with Crippen LogP contribution in [0.2, 0.25) is 0 Å². The van der Waals surface area contributed by atoms with Gasteiger partial charge in [0.05, 0.1) is 11.5 Å². The van der Waals surface area contributed by atoms with E-state index in [0.29, 0.717) is 0 Å². The Morgan fingerprint density at radius 2 is 2.00 bits per heavy atom. The van der Waals surface area contributed by atoms with E-state index in [9.17, 15) is 0 Å². The monoisotopic (exact) mass is 234 g/mol. The van der Waals surface area contributed by atoms with Gasteiger partial charge in [-0.3, -0.25) is 0 Å². The van der Waals surface area contributed by atoms with Crippen molar-refractivity contribution < 1.29 is 0 Å². The number of hydrogen-bond acceptors (Lipinski definition) is 2. The van der Waals surface area contributed by atoms with Gasteiger partial charge in [-0.15, -0.1) is 0 Å². The van der Waals surface area contributed by atoms with Crippen molar-refractivity contribution in [2.75, 3.05) is 13.1 Å². The molecule has 96 valence electrons. The smallest absolute Gasteiger partial charge is 0.0687 e. The zero-order chi connectivity index (χ0) is 12.3. The van der Waals surface area contributed by atoms with Gasteiger partial charge >= 0.3 is 0 Å². The Morgan fingerprint density at radius 3 is 2.59 bits per heavy atom. The van der Waals surface area contributed by atoms with Crippen molar-refractivity contribution in [2.45, 2.75) is 64.8 Å². The second kappa shape index (κ2) is 5.40. The Hall–Kier alpha value is -0.550. The number of rotatable bonds is 2. The second-order valence-electron chi connectivity index (χ2n) is 6.30. The Bertz CT molecular complexity index is 284. The molecule has 2 nitrogen and oxygen atoms in total. The van der Waals surface area contributed by atoms with Crippen molar-refractivity contribution in [3.8, 4) is 6.07 Å². The SMILES string of the molecule is CCC1CCCC(N2CCC(C)(C#N)CC2)C1. The topological polar surface area (TPSA) is 27.0 Å². The number of hydrogen-bond donors (Lipinski definition) is 0. The number of likely N-dealkylation sites (tertiary alicyclic amines) is 1. The fourth-order valence-electron chi connectivity index (χ4n) is 3.46. The molecule has 1 aliphatic carbocycles. The van der Waals surface area contributed by atoms with E-state index in [2.05, 4.69) is 24.8 Å². The summed E-state index contributed by atoms with van der Waals surface area (Å²) in [6.45, 7) is 6.74. The van der Waals surface area contributed by atoms with Crippen molar-refractivity contribution in [1.82, 2.24) is 4.90 Å². The number of nitrogens with zero attached hydrogens (tertiary/aromatic N) is 2. The van der Waals surface area contributed by atoms with Gasteiger partial charge in [0, 0.05) is 6.04 Å². The molecular weight excluding hydrogens is 208 g/mol. The molecule has 0 spiro atoms. The van der Waals surface area contributed by atoms with E-state index in [0.717, 1.165) is 37.9 Å². The van der Waals surface area contributed by atoms with Crippen LogP contribution in [0, 0.1) is 22.7 Å². The van der Waals surface area contributed by atoms with Crippen LogP contribution in [0.4, 0.5) is 0 Å². The standard InChI is InChI=1S/C15H26N2/c1-3-13-5-4-6-14(11-13)17-9-7-15(2,12-16)8-10-17/h13-14H,3-11H2,1-2H3. The van der Waals surface area contributed by atoms with E-state index in [4.69, 9.17) is 5.26 Å². The van der Waals surface area contributed by atoms with E-state index in [1.807, 2.05) is 0 Å². The first-order valence-electron chi connectivity index (χ1n) is 7.32. The van der Waals surface area contributed by atoms with Gasteiger partial charge in [0.2, 0.25) is 0 Å². The molecule has 0 bridgehead atoms. The highest BCUT2D eigenvalue weighted by Crippen LogP contribution is 2.35. The maximum absolute atomic E-state index is 9.16. The van der Waals surface area contributed by atoms with Gasteiger partial charge in [0.15, 0.2) is 0 Å². The molecule has 2 unspecified atom stereocenters. The Balaban J connectivity index is 1.86. The fourth-order valence-corrected chi connectivity index (χ4v) is 3.46. The Morgan fingerprint density at radius 1 is 1.29 bits per heavy atom. The molecular formula is C15H26N2. The summed E-state index contributed by atoms with van der Waals surface area (Å²) >= 11 is 0. The van der Waals surface area contributed by atoms with Crippen molar-refractivity contribution in [2.24, 2.45) is 11.3 Å². The molecule has 2 atom stereocenters. The van der Waals surface area contributed by atoms with Crippen LogP contribution in [0.5, 0.6) is 0 Å². The second-order valence-corrected chi connectivity index (χ2v) is 6.30. The first-order chi connectivity index (χ1) is 8.17. The van der Waals surface area contributed by atoms with Crippen LogP contribution in [-0.2, 0) is 0 Å². The minimum absolute atomic E-state index is 0.0463. The van der Waals surface area contributed by atoms with Gasteiger partial charge in [-0.1, -0.05) is 26.2 Å². The Labute approximate surface area is 106 Å². The average molecular weight is 234 g/mol. The Kier molecular flexibility index (Phi) is 4.09. The average Bonchev–Trinajstić information content (AvgIpc) is 2.40. The van der Waals surface area contributed by atoms with Gasteiger partial charge in [0.25, 0.3) is 0 Å². The molecule has 1 saturated heterocycles. The van der Waals surface area contributed by atoms with E-state index in [1.165, 1.54) is 32.1 Å². The van der Waals surface area contributed by atoms with Gasteiger partial charge < -0.3 is 4.90 Å². The summed E-state index contributed by atoms with van der Waals surface area (Å²) in [5.41, 5.74) is -0.0463. The zero-order valence-electron chi connectivity index (χ0n) is 11.4. The minimum Gasteiger partial charge on any atom is -0.300 e. The summed E-state index contributed by atoms with van der Waals surface area (Å²) in [7, 11) is 0. The largest absolute Gasteiger partial charge is 0.300 e. The van der Waals surface area contributed by atoms with Crippen molar-refractivity contribution >= 4 is 0 Å². The maximum atomic E-state index is 9.16. The fraction of sp³-hybridized carbons (Fsp3) is 0.933. The molecule has 0 N–H and O–H groups in total. The van der Waals surface area contributed by atoms with Gasteiger partial charge in [-0.05, 0) is 51.6 Å². The number of nitriles is 1. The lowest BCUT2D eigenvalue weighted by atomic mass is 9.79.